The Labute approximate surface area is 36.5 Å². The fourth-order valence-electron chi connectivity index (χ4n) is 0.554. The summed E-state index contributed by atoms with van der Waals surface area (Å²) in [4.78, 5) is 0. The third-order valence-corrected chi connectivity index (χ3v) is 0.928. The van der Waals surface area contributed by atoms with E-state index >= 15 is 0 Å². The molecule has 1 radical (unpaired) electrons. The minimum Gasteiger partial charge on any atom is -0.246 e. The zero-order valence-electron chi connectivity index (χ0n) is 3.52. The molecule has 0 aliphatic carbocycles. The SMILES string of the molecule is F[C@@H]1CC[N]C1. The van der Waals surface area contributed by atoms with Gasteiger partial charge in [0.05, 0.1) is 0 Å². The first-order chi connectivity index (χ1) is 2.89. The molecule has 0 unspecified atom stereocenters. The predicted octanol–water partition coefficient (Wildman–Crippen LogP) is 0.333. The van der Waals surface area contributed by atoms with E-state index in [2.05, 4.69) is 5.32 Å². The molecule has 1 rings (SSSR count). The molecule has 1 saturated heterocycles. The molecule has 0 amide bonds. The molecule has 0 saturated carbocycles. The molecular weight excluding hydrogens is 81.0 g/mol. The molecule has 0 aromatic heterocycles. The normalized spacial score (nSPS) is 34.5. The molecule has 1 atom stereocenters. The monoisotopic (exact) mass is 88.1 g/mol. The molecule has 1 nitrogen and oxygen atoms in total. The van der Waals surface area contributed by atoms with Crippen LogP contribution >= 0.6 is 0 Å². The minimum atomic E-state index is -0.620. The molecule has 0 aromatic rings. The van der Waals surface area contributed by atoms with Gasteiger partial charge in [-0.2, -0.15) is 0 Å². The average Bonchev–Trinajstić information content (AvgIpc) is 1.86. The van der Waals surface area contributed by atoms with Crippen LogP contribution in [0, 0.1) is 0 Å². The van der Waals surface area contributed by atoms with E-state index in [4.69, 9.17) is 0 Å². The topological polar surface area (TPSA) is 14.1 Å². The standard InChI is InChI=1S/C4H7FN/c5-4-1-2-6-3-4/h4H,1-3H2/t4-/m1/s1. The maximum absolute atomic E-state index is 11.8. The molecule has 1 heterocycles. The summed E-state index contributed by atoms with van der Waals surface area (Å²) in [5, 5.41) is 3.79. The first-order valence-corrected chi connectivity index (χ1v) is 2.17. The van der Waals surface area contributed by atoms with E-state index in [9.17, 15) is 4.39 Å². The van der Waals surface area contributed by atoms with Crippen molar-refractivity contribution in [3.05, 3.63) is 0 Å². The molecule has 0 spiro atoms. The highest BCUT2D eigenvalue weighted by atomic mass is 19.1. The Kier molecular flexibility index (Phi) is 1.05. The van der Waals surface area contributed by atoms with E-state index in [-0.39, 0.29) is 0 Å². The van der Waals surface area contributed by atoms with Gasteiger partial charge in [-0.15, -0.1) is 0 Å². The van der Waals surface area contributed by atoms with E-state index < -0.39 is 6.17 Å². The van der Waals surface area contributed by atoms with Crippen molar-refractivity contribution >= 4 is 0 Å². The Bertz CT molecular complexity index is 40.8. The van der Waals surface area contributed by atoms with Gasteiger partial charge in [0.2, 0.25) is 0 Å². The van der Waals surface area contributed by atoms with Crippen molar-refractivity contribution in [2.24, 2.45) is 0 Å². The average molecular weight is 88.1 g/mol. The molecule has 1 aliphatic rings. The highest BCUT2D eigenvalue weighted by molar-refractivity contribution is 4.67. The molecule has 0 N–H and O–H groups in total. The Morgan fingerprint density at radius 3 is 2.67 bits per heavy atom. The number of hydrogen-bond acceptors (Lipinski definition) is 0. The van der Waals surface area contributed by atoms with Gasteiger partial charge in [0.1, 0.15) is 6.17 Å². The second-order valence-electron chi connectivity index (χ2n) is 1.52. The molecule has 1 fully saturated rings. The van der Waals surface area contributed by atoms with Crippen LogP contribution in [0.25, 0.3) is 0 Å². The lowest BCUT2D eigenvalue weighted by atomic mass is 10.4. The highest BCUT2D eigenvalue weighted by Crippen LogP contribution is 2.01. The number of rotatable bonds is 0. The number of halogens is 1. The van der Waals surface area contributed by atoms with Crippen molar-refractivity contribution in [1.82, 2.24) is 5.32 Å². The van der Waals surface area contributed by atoms with Crippen LogP contribution in [0.5, 0.6) is 0 Å². The van der Waals surface area contributed by atoms with Crippen molar-refractivity contribution in [2.75, 3.05) is 13.1 Å². The maximum Gasteiger partial charge on any atom is 0.115 e. The summed E-state index contributed by atoms with van der Waals surface area (Å²) in [6.07, 6.45) is 0.0324. The van der Waals surface area contributed by atoms with Crippen LogP contribution in [-0.4, -0.2) is 19.3 Å². The first kappa shape index (κ1) is 4.06. The van der Waals surface area contributed by atoms with E-state index in [1.54, 1.807) is 0 Å². The van der Waals surface area contributed by atoms with Crippen LogP contribution < -0.4 is 5.32 Å². The zero-order valence-corrected chi connectivity index (χ0v) is 3.52. The van der Waals surface area contributed by atoms with Gasteiger partial charge in [-0.05, 0) is 6.42 Å². The second-order valence-corrected chi connectivity index (χ2v) is 1.52. The van der Waals surface area contributed by atoms with Gasteiger partial charge in [-0.25, -0.2) is 9.71 Å². The quantitative estimate of drug-likeness (QED) is 0.405. The predicted molar refractivity (Wildman–Crippen MR) is 21.4 cm³/mol. The molecule has 0 aromatic carbocycles. The van der Waals surface area contributed by atoms with Crippen molar-refractivity contribution in [2.45, 2.75) is 12.6 Å². The van der Waals surface area contributed by atoms with Crippen LogP contribution in [0.4, 0.5) is 4.39 Å². The summed E-state index contributed by atoms with van der Waals surface area (Å²) >= 11 is 0. The number of alkyl halides is 1. The van der Waals surface area contributed by atoms with Gasteiger partial charge in [0.25, 0.3) is 0 Å². The molecular formula is C4H7FN. The minimum absolute atomic E-state index is 0.444. The van der Waals surface area contributed by atoms with Gasteiger partial charge in [-0.1, -0.05) is 0 Å². The summed E-state index contributed by atoms with van der Waals surface area (Å²) in [5.41, 5.74) is 0. The van der Waals surface area contributed by atoms with Crippen LogP contribution in [-0.2, 0) is 0 Å². The van der Waals surface area contributed by atoms with Gasteiger partial charge in [0.15, 0.2) is 0 Å². The van der Waals surface area contributed by atoms with Gasteiger partial charge >= 0.3 is 0 Å². The van der Waals surface area contributed by atoms with E-state index in [0.717, 1.165) is 6.54 Å². The number of hydrogen-bond donors (Lipinski definition) is 0. The summed E-state index contributed by atoms with van der Waals surface area (Å²) in [6, 6.07) is 0. The lowest BCUT2D eigenvalue weighted by Gasteiger charge is -1.85. The zero-order chi connectivity index (χ0) is 4.41. The van der Waals surface area contributed by atoms with Crippen LogP contribution in [0.15, 0.2) is 0 Å². The van der Waals surface area contributed by atoms with E-state index in [1.165, 1.54) is 0 Å². The van der Waals surface area contributed by atoms with Gasteiger partial charge in [-0.3, -0.25) is 0 Å². The van der Waals surface area contributed by atoms with Crippen molar-refractivity contribution in [3.8, 4) is 0 Å². The van der Waals surface area contributed by atoms with Crippen LogP contribution in [0.2, 0.25) is 0 Å². The first-order valence-electron chi connectivity index (χ1n) is 2.17. The fourth-order valence-corrected chi connectivity index (χ4v) is 0.554. The third-order valence-electron chi connectivity index (χ3n) is 0.928. The molecule has 6 heavy (non-hydrogen) atoms. The fraction of sp³-hybridized carbons (Fsp3) is 1.00. The lowest BCUT2D eigenvalue weighted by molar-refractivity contribution is 0.361. The smallest absolute Gasteiger partial charge is 0.115 e. The largest absolute Gasteiger partial charge is 0.246 e. The summed E-state index contributed by atoms with van der Waals surface area (Å²) in [6.45, 7) is 1.18. The molecule has 0 bridgehead atoms. The Balaban J connectivity index is 2.18. The van der Waals surface area contributed by atoms with Crippen LogP contribution in [0.3, 0.4) is 0 Å². The molecule has 35 valence electrons. The van der Waals surface area contributed by atoms with E-state index in [0.29, 0.717) is 13.0 Å². The molecule has 2 heteroatoms. The molecule has 1 aliphatic heterocycles. The lowest BCUT2D eigenvalue weighted by Crippen LogP contribution is -2.00. The van der Waals surface area contributed by atoms with Crippen LogP contribution in [0.1, 0.15) is 6.42 Å². The summed E-state index contributed by atoms with van der Waals surface area (Å²) in [7, 11) is 0. The highest BCUT2D eigenvalue weighted by Gasteiger charge is 2.11. The van der Waals surface area contributed by atoms with Gasteiger partial charge < -0.3 is 0 Å². The van der Waals surface area contributed by atoms with Gasteiger partial charge in [0, 0.05) is 13.1 Å². The summed E-state index contributed by atoms with van der Waals surface area (Å²) in [5.74, 6) is 0. The van der Waals surface area contributed by atoms with E-state index in [1.807, 2.05) is 0 Å². The number of nitrogens with zero attached hydrogens (tertiary/aromatic N) is 1. The Morgan fingerprint density at radius 1 is 1.67 bits per heavy atom. The van der Waals surface area contributed by atoms with Crippen molar-refractivity contribution in [3.63, 3.8) is 0 Å². The summed E-state index contributed by atoms with van der Waals surface area (Å²) < 4.78 is 11.8. The second kappa shape index (κ2) is 1.56. The van der Waals surface area contributed by atoms with Crippen molar-refractivity contribution in [1.29, 1.82) is 0 Å². The Morgan fingerprint density at radius 2 is 2.50 bits per heavy atom. The maximum atomic E-state index is 11.8. The van der Waals surface area contributed by atoms with Crippen molar-refractivity contribution < 1.29 is 4.39 Å². The third kappa shape index (κ3) is 0.684. The Hall–Kier alpha value is -0.110.